The number of primary amides is 1. The summed E-state index contributed by atoms with van der Waals surface area (Å²) in [5, 5.41) is 61.8. The minimum atomic E-state index is -1.57. The van der Waals surface area contributed by atoms with Crippen molar-refractivity contribution in [3.05, 3.63) is 81.3 Å². The molecule has 11 unspecified atom stereocenters. The first-order chi connectivity index (χ1) is 52.7. The lowest BCUT2D eigenvalue weighted by Gasteiger charge is -2.39. The molecule has 1 fully saturated rings. The second-order valence-corrected chi connectivity index (χ2v) is 31.2. The molecule has 0 saturated carbocycles. The van der Waals surface area contributed by atoms with E-state index in [0.717, 1.165) is 30.7 Å². The van der Waals surface area contributed by atoms with Gasteiger partial charge in [-0.1, -0.05) is 112 Å². The van der Waals surface area contributed by atoms with E-state index in [2.05, 4.69) is 58.4 Å². The quantitative estimate of drug-likeness (QED) is 0.00905. The molecule has 1 aliphatic rings. The number of hydrazine groups is 1. The Labute approximate surface area is 657 Å². The zero-order chi connectivity index (χ0) is 82.3. The van der Waals surface area contributed by atoms with E-state index in [4.69, 9.17) is 19.9 Å². The number of hydrogen-bond donors (Lipinski definition) is 15. The number of likely N-dealkylation sites (N-methyl/N-ethyl adjacent to an activating group) is 1. The molecule has 0 aliphatic carbocycles. The Morgan fingerprint density at radius 3 is 2.07 bits per heavy atom. The molecule has 1 aromatic heterocycles. The number of nitrogens with one attached hydrogen (secondary N) is 10. The summed E-state index contributed by atoms with van der Waals surface area (Å²) in [5.74, 6) is -9.51. The molecule has 1 saturated heterocycles. The SMILES string of the molecule is CCCC(=O)OCN(C(=O)C(NC(=O)C1CCCCN1C)C(C)CC)C(CC(OC(C)=O)c1nc(C(=O)NC(Cc2ccc(O)cc2)CC(C)C(=O)NNC(=O)OCCSSCC(C)NCC(CC(=O)O)NC(=O)C(CC(=O)O)NC(=O)Cc2ccc(CNC(=O)NCCCCC(NC(N)=O)C(=O)O)cc2)cs1)C(C)C. The first-order valence-corrected chi connectivity index (χ1v) is 40.3. The summed E-state index contributed by atoms with van der Waals surface area (Å²) in [6, 6.07) is 4.36. The van der Waals surface area contributed by atoms with Crippen molar-refractivity contribution >= 4 is 116 Å². The van der Waals surface area contributed by atoms with Crippen LogP contribution in [-0.4, -0.2) is 219 Å². The van der Waals surface area contributed by atoms with E-state index >= 15 is 4.79 Å². The maximum atomic E-state index is 15.0. The minimum Gasteiger partial charge on any atom is -0.508 e. The highest BCUT2D eigenvalue weighted by Crippen LogP contribution is 2.32. The Bertz CT molecular complexity index is 3560. The van der Waals surface area contributed by atoms with Crippen LogP contribution < -0.4 is 59.1 Å². The molecular formula is C73H110N14O21S3. The first kappa shape index (κ1) is 93.8. The minimum absolute atomic E-state index is 0.00402. The van der Waals surface area contributed by atoms with Crippen molar-refractivity contribution in [3.8, 4) is 5.75 Å². The topological polar surface area (TPSA) is 513 Å². The Hall–Kier alpha value is -9.53. The number of piperidine rings is 1. The van der Waals surface area contributed by atoms with Crippen molar-refractivity contribution in [1.82, 2.24) is 68.2 Å². The fraction of sp³-hybridized carbons (Fsp3) is 0.603. The predicted octanol–water partition coefficient (Wildman–Crippen LogP) is 4.75. The smallest absolute Gasteiger partial charge is 0.426 e. The van der Waals surface area contributed by atoms with Crippen LogP contribution in [0, 0.1) is 17.8 Å². The summed E-state index contributed by atoms with van der Waals surface area (Å²) in [5.41, 5.74) is 11.4. The highest BCUT2D eigenvalue weighted by molar-refractivity contribution is 8.76. The number of aliphatic carboxylic acids is 3. The van der Waals surface area contributed by atoms with Gasteiger partial charge in [0.25, 0.3) is 5.91 Å². The lowest BCUT2D eigenvalue weighted by Crippen LogP contribution is -2.59. The van der Waals surface area contributed by atoms with E-state index in [-0.39, 0.29) is 105 Å². The summed E-state index contributed by atoms with van der Waals surface area (Å²) in [6.07, 6.45) is 0.963. The van der Waals surface area contributed by atoms with Gasteiger partial charge >= 0.3 is 48.0 Å². The van der Waals surface area contributed by atoms with Gasteiger partial charge in [0.05, 0.1) is 31.3 Å². The number of ether oxygens (including phenoxy) is 3. The number of unbranched alkanes of at least 4 members (excludes halogenated alkanes) is 1. The average molecular weight is 1620 g/mol. The van der Waals surface area contributed by atoms with Gasteiger partial charge in [0, 0.05) is 80.3 Å². The number of hydrogen-bond acceptors (Lipinski definition) is 24. The van der Waals surface area contributed by atoms with Crippen LogP contribution in [0.1, 0.15) is 177 Å². The number of carbonyl (C=O) groups excluding carboxylic acids is 11. The van der Waals surface area contributed by atoms with Crippen LogP contribution in [0.25, 0.3) is 0 Å². The molecule has 11 atom stereocenters. The molecule has 35 nitrogen and oxygen atoms in total. The van der Waals surface area contributed by atoms with Gasteiger partial charge in [-0.05, 0) is 113 Å². The lowest BCUT2D eigenvalue weighted by molar-refractivity contribution is -0.160. The highest BCUT2D eigenvalue weighted by atomic mass is 33.1. The van der Waals surface area contributed by atoms with E-state index in [1.165, 1.54) is 50.9 Å². The number of esters is 2. The molecular weight excluding hydrogens is 1510 g/mol. The molecule has 16 N–H and O–H groups in total. The number of rotatable bonds is 49. The molecule has 38 heteroatoms. The number of nitrogens with zero attached hydrogens (tertiary/aromatic N) is 3. The number of carboxylic acids is 3. The van der Waals surface area contributed by atoms with Crippen molar-refractivity contribution in [3.63, 3.8) is 0 Å². The zero-order valence-electron chi connectivity index (χ0n) is 64.3. The normalized spacial score (nSPS) is 15.5. The third kappa shape index (κ3) is 36.0. The number of thiazole rings is 1. The van der Waals surface area contributed by atoms with Crippen LogP contribution in [0.3, 0.4) is 0 Å². The van der Waals surface area contributed by atoms with Gasteiger partial charge < -0.3 is 87.8 Å². The van der Waals surface area contributed by atoms with Crippen LogP contribution in [0.15, 0.2) is 53.9 Å². The largest absolute Gasteiger partial charge is 0.508 e. The zero-order valence-corrected chi connectivity index (χ0v) is 66.7. The van der Waals surface area contributed by atoms with Crippen LogP contribution in [0.5, 0.6) is 5.75 Å². The van der Waals surface area contributed by atoms with Gasteiger partial charge in [0.1, 0.15) is 41.2 Å². The number of amides is 11. The van der Waals surface area contributed by atoms with Crippen LogP contribution in [-0.2, 0) is 81.5 Å². The fourth-order valence-corrected chi connectivity index (χ4v) is 14.7. The van der Waals surface area contributed by atoms with E-state index in [9.17, 15) is 82.8 Å². The summed E-state index contributed by atoms with van der Waals surface area (Å²) in [4.78, 5) is 188. The Kier molecular flexibility index (Phi) is 42.0. The molecule has 3 aromatic rings. The molecule has 616 valence electrons. The summed E-state index contributed by atoms with van der Waals surface area (Å²) < 4.78 is 16.9. The number of carboxylic acid groups (broad SMARTS) is 3. The molecule has 0 bridgehead atoms. The van der Waals surface area contributed by atoms with E-state index in [1.54, 1.807) is 50.2 Å². The summed E-state index contributed by atoms with van der Waals surface area (Å²) >= 11 is 1.04. The monoisotopic (exact) mass is 1610 g/mol. The number of aromatic hydroxyl groups is 1. The van der Waals surface area contributed by atoms with Gasteiger partial charge in [0.15, 0.2) is 12.8 Å². The summed E-state index contributed by atoms with van der Waals surface area (Å²) in [6.45, 7) is 14.4. The van der Waals surface area contributed by atoms with Crippen molar-refractivity contribution < 1.29 is 102 Å². The van der Waals surface area contributed by atoms with Gasteiger partial charge in [-0.15, -0.1) is 11.3 Å². The maximum Gasteiger partial charge on any atom is 0.426 e. The molecule has 2 heterocycles. The third-order valence-corrected chi connectivity index (χ3v) is 21.5. The molecule has 11 amide bonds. The lowest BCUT2D eigenvalue weighted by atomic mass is 9.92. The predicted molar refractivity (Wildman–Crippen MR) is 413 cm³/mol. The molecule has 1 aliphatic heterocycles. The molecule has 0 radical (unpaired) electrons. The van der Waals surface area contributed by atoms with Gasteiger partial charge in [-0.25, -0.2) is 29.6 Å². The standard InChI is InChI=1S/C73H110N14O21S3/c1-10-16-62(95)107-41-87(69(100)63(43(5)11-2)83-67(99)56-18-13-15-28-86(56)9)57(42(3)4)36-58(108-46(8)88)68-81-55(40-109-68)66(98)78-50(32-47-23-25-52(89)26-24-47)31-44(6)64(96)84-85-73(105)106-29-30-110-111-39-45(7)76-38-51(34-60(91)92)79-65(97)54(35-61(93)94)80-59(90)33-48-19-21-49(22-20-48)37-77-72(104)75-27-14-12-17-53(70(101)102)82-71(74)103/h19-26,40,42-45,50-51,53-54,56-58,63,76,89H,10-18,27-39,41H2,1-9H3,(H,78,98)(H,79,97)(H,80,90)(H,83,99)(H,84,96)(H,85,105)(H,91,92)(H,93,94)(H,101,102)(H3,74,82,103)(H2,75,77,104). The number of carbonyl (C=O) groups is 14. The van der Waals surface area contributed by atoms with Crippen LogP contribution in [0.4, 0.5) is 14.4 Å². The maximum absolute atomic E-state index is 15.0. The van der Waals surface area contributed by atoms with E-state index in [1.807, 2.05) is 46.6 Å². The van der Waals surface area contributed by atoms with Crippen molar-refractivity contribution in [2.75, 3.05) is 51.5 Å². The second-order valence-electron chi connectivity index (χ2n) is 27.6. The number of likely N-dealkylation sites (tertiary alicyclic amines) is 1. The number of urea groups is 2. The van der Waals surface area contributed by atoms with Crippen molar-refractivity contribution in [2.45, 2.75) is 213 Å². The second kappa shape index (κ2) is 49.7. The Morgan fingerprint density at radius 2 is 1.44 bits per heavy atom. The number of nitrogens with two attached hydrogens (primary N) is 1. The van der Waals surface area contributed by atoms with Gasteiger partial charge in [-0.2, -0.15) is 0 Å². The van der Waals surface area contributed by atoms with Gasteiger partial charge in [0.2, 0.25) is 29.5 Å². The number of phenolic OH excluding ortho intramolecular Hbond substituents is 1. The van der Waals surface area contributed by atoms with E-state index < -0.39 is 151 Å². The Morgan fingerprint density at radius 1 is 0.757 bits per heavy atom. The van der Waals surface area contributed by atoms with Crippen molar-refractivity contribution in [1.29, 1.82) is 0 Å². The molecule has 2 aromatic carbocycles. The number of benzene rings is 2. The average Bonchev–Trinajstić information content (AvgIpc) is 1.64. The summed E-state index contributed by atoms with van der Waals surface area (Å²) in [7, 11) is 4.60. The first-order valence-electron chi connectivity index (χ1n) is 37.0. The molecule has 111 heavy (non-hydrogen) atoms. The Balaban J connectivity index is 1.27. The van der Waals surface area contributed by atoms with E-state index in [0.29, 0.717) is 60.3 Å². The molecule has 4 rings (SSSR count). The van der Waals surface area contributed by atoms with Gasteiger partial charge in [-0.3, -0.25) is 58.3 Å². The van der Waals surface area contributed by atoms with Crippen LogP contribution in [0.2, 0.25) is 0 Å². The fourth-order valence-electron chi connectivity index (χ4n) is 11.8. The number of aromatic nitrogens is 1. The number of phenols is 1. The van der Waals surface area contributed by atoms with Crippen LogP contribution >= 0.6 is 32.9 Å². The van der Waals surface area contributed by atoms with Crippen molar-refractivity contribution in [2.24, 2.45) is 23.5 Å². The third-order valence-electron chi connectivity index (χ3n) is 18.0. The highest BCUT2D eigenvalue weighted by Gasteiger charge is 2.40. The molecule has 0 spiro atoms.